The van der Waals surface area contributed by atoms with Crippen molar-refractivity contribution in [2.75, 3.05) is 56.1 Å². The van der Waals surface area contributed by atoms with Gasteiger partial charge < -0.3 is 54.7 Å². The lowest BCUT2D eigenvalue weighted by atomic mass is 9.95. The van der Waals surface area contributed by atoms with Crippen LogP contribution in [-0.2, 0) is 108 Å². The Morgan fingerprint density at radius 2 is 1.02 bits per heavy atom. The zero-order chi connectivity index (χ0) is 103. The minimum absolute atomic E-state index is 0.00447. The molecule has 0 radical (unpaired) electrons. The fourth-order valence-electron chi connectivity index (χ4n) is 16.0. The highest BCUT2D eigenvalue weighted by atomic mass is 35.5. The predicted molar refractivity (Wildman–Crippen MR) is 479 cm³/mol. The molecule has 1 aromatic carbocycles. The van der Waals surface area contributed by atoms with Crippen LogP contribution in [0.15, 0.2) is 152 Å². The highest BCUT2D eigenvalue weighted by molar-refractivity contribution is 7.85. The minimum Gasteiger partial charge on any atom is -0.454 e. The highest BCUT2D eigenvalue weighted by Crippen LogP contribution is 2.40. The van der Waals surface area contributed by atoms with E-state index in [0.717, 1.165) is 23.1 Å². The van der Waals surface area contributed by atoms with Gasteiger partial charge in [-0.1, -0.05) is 23.2 Å². The summed E-state index contributed by atoms with van der Waals surface area (Å²) in [4.78, 5) is 84.6. The summed E-state index contributed by atoms with van der Waals surface area (Å²) in [5.74, 6) is -5.23. The van der Waals surface area contributed by atoms with E-state index in [1.807, 2.05) is 0 Å². The number of benzene rings is 1. The molecule has 4 aliphatic carbocycles. The van der Waals surface area contributed by atoms with E-state index in [4.69, 9.17) is 52.9 Å². The van der Waals surface area contributed by atoms with Crippen molar-refractivity contribution >= 4 is 105 Å². The van der Waals surface area contributed by atoms with Crippen LogP contribution in [-0.4, -0.2) is 251 Å². The molecule has 4 fully saturated rings. The Hall–Kier alpha value is -11.6. The average molecular weight is 2100 g/mol. The summed E-state index contributed by atoms with van der Waals surface area (Å²) in [5, 5.41) is 82.2. The summed E-state index contributed by atoms with van der Waals surface area (Å²) in [6, 6.07) is 11.2. The van der Waals surface area contributed by atoms with E-state index in [1.54, 1.807) is 72.2 Å². The number of anilines is 3. The molecule has 0 aliphatic heterocycles. The Morgan fingerprint density at radius 3 is 1.55 bits per heavy atom. The van der Waals surface area contributed by atoms with Gasteiger partial charge in [0.2, 0.25) is 17.3 Å². The summed E-state index contributed by atoms with van der Waals surface area (Å²) in [6.45, 7) is 1.43. The average Bonchev–Trinajstić information content (AvgIpc) is 1.68. The van der Waals surface area contributed by atoms with E-state index in [2.05, 4.69) is 87.9 Å². The number of aliphatic hydroxyl groups is 4. The second kappa shape index (κ2) is 46.2. The number of ketones is 4. The zero-order valence-electron chi connectivity index (χ0n) is 74.1. The predicted octanol–water partition coefficient (Wildman–Crippen LogP) is 5.21. The van der Waals surface area contributed by atoms with Gasteiger partial charge in [-0.25, -0.2) is 69.2 Å². The van der Waals surface area contributed by atoms with Crippen LogP contribution in [0.4, 0.5) is 52.6 Å². The van der Waals surface area contributed by atoms with Crippen molar-refractivity contribution < 1.29 is 134 Å². The molecule has 762 valence electrons. The molecule has 15 rings (SSSR count). The number of carbonyl (C=O) groups excluding carboxylic acids is 4. The van der Waals surface area contributed by atoms with Gasteiger partial charge in [-0.05, 0) is 124 Å². The highest BCUT2D eigenvalue weighted by Gasteiger charge is 2.47. The lowest BCUT2D eigenvalue weighted by Gasteiger charge is -2.18. The molecule has 59 heteroatoms. The van der Waals surface area contributed by atoms with Gasteiger partial charge in [0.05, 0.1) is 129 Å². The number of rotatable bonds is 37. The van der Waals surface area contributed by atoms with E-state index in [-0.39, 0.29) is 125 Å². The number of alkyl halides is 8. The molecule has 4 aliphatic rings. The van der Waals surface area contributed by atoms with Crippen LogP contribution in [0.1, 0.15) is 150 Å². The van der Waals surface area contributed by atoms with Gasteiger partial charge in [0.25, 0.3) is 0 Å². The van der Waals surface area contributed by atoms with Gasteiger partial charge in [-0.15, -0.1) is 0 Å². The Morgan fingerprint density at radius 1 is 0.539 bits per heavy atom. The lowest BCUT2D eigenvalue weighted by Crippen LogP contribution is -2.33. The zero-order valence-corrected chi connectivity index (χ0v) is 78.9. The maximum absolute atomic E-state index is 14.8. The number of aromatic nitrogens is 16. The van der Waals surface area contributed by atoms with Gasteiger partial charge in [0.15, 0.2) is 11.6 Å². The van der Waals surface area contributed by atoms with Crippen molar-refractivity contribution in [2.24, 2.45) is 57.2 Å². The maximum atomic E-state index is 14.8. The van der Waals surface area contributed by atoms with Gasteiger partial charge in [0, 0.05) is 127 Å². The van der Waals surface area contributed by atoms with Crippen LogP contribution < -0.4 is 36.5 Å². The summed E-state index contributed by atoms with van der Waals surface area (Å²) < 4.78 is 230. The summed E-state index contributed by atoms with van der Waals surface area (Å²) >= 11 is 12.2. The molecule has 10 heterocycles. The first-order chi connectivity index (χ1) is 66.3. The van der Waals surface area contributed by atoms with Crippen LogP contribution in [0.5, 0.6) is 0 Å². The van der Waals surface area contributed by atoms with Gasteiger partial charge in [-0.2, -0.15) is 75.3 Å². The van der Waals surface area contributed by atoms with Crippen molar-refractivity contribution in [3.05, 3.63) is 237 Å². The number of hydrogen-bond acceptors (Lipinski definition) is 36. The second-order valence-electron chi connectivity index (χ2n) is 33.1. The second-order valence-corrected chi connectivity index (χ2v) is 38.8. The minimum atomic E-state index is -4.63. The third-order valence-corrected chi connectivity index (χ3v) is 25.5. The van der Waals surface area contributed by atoms with Gasteiger partial charge >= 0.3 is 53.6 Å². The Labute approximate surface area is 808 Å². The lowest BCUT2D eigenvalue weighted by molar-refractivity contribution is -0.153. The Balaban J connectivity index is 0.000000169. The largest absolute Gasteiger partial charge is 0.454 e. The number of nitrogens with two attached hydrogens (primary N) is 4. The summed E-state index contributed by atoms with van der Waals surface area (Å²) in [5.41, 5.74) is 1.81. The van der Waals surface area contributed by atoms with Gasteiger partial charge in [0.1, 0.15) is 77.9 Å². The van der Waals surface area contributed by atoms with E-state index in [0.29, 0.717) is 77.9 Å². The van der Waals surface area contributed by atoms with E-state index in [9.17, 15) is 108 Å². The maximum Gasteiger partial charge on any atom is 0.449 e. The van der Waals surface area contributed by atoms with Crippen LogP contribution in [0.25, 0.3) is 0 Å². The molecule has 0 bridgehead atoms. The van der Waals surface area contributed by atoms with E-state index >= 15 is 0 Å². The summed E-state index contributed by atoms with van der Waals surface area (Å²) in [7, 11) is -13.9. The first-order valence-electron chi connectivity index (χ1n) is 42.3. The fraction of sp³-hybridized carbons (Fsp3) is 0.427. The van der Waals surface area contributed by atoms with Crippen molar-refractivity contribution in [2.45, 2.75) is 145 Å². The molecule has 15 N–H and O–H groups in total. The molecule has 141 heavy (non-hydrogen) atoms. The number of aliphatic hydroxyl groups excluding tert-OH is 4. The van der Waals surface area contributed by atoms with Crippen LogP contribution in [0, 0.1) is 29.6 Å². The third kappa shape index (κ3) is 29.8. The molecule has 45 nitrogen and oxygen atoms in total. The normalized spacial score (nSPS) is 21.8. The number of methoxy groups -OCH3 is 1. The number of carbonyl (C=O) groups is 4. The van der Waals surface area contributed by atoms with Crippen molar-refractivity contribution in [1.29, 1.82) is 0 Å². The number of ether oxygens (including phenoxy) is 1. The fourth-order valence-corrected chi connectivity index (χ4v) is 17.9. The third-order valence-electron chi connectivity index (χ3n) is 23.0. The molecular weight excluding hydrogens is 2010 g/mol. The quantitative estimate of drug-likeness (QED) is 0.0176. The number of aryl methyl sites for hydroxylation is 1. The van der Waals surface area contributed by atoms with Crippen LogP contribution >= 0.6 is 23.2 Å². The molecule has 10 aromatic heterocycles. The molecule has 15 atom stereocenters. The molecule has 0 amide bonds. The topological polar surface area (TPSA) is 652 Å². The number of nitrogens with zero attached hydrogens (tertiary/aromatic N) is 16. The SMILES string of the molecule is CC(c1ccc(C(F)(F)F)o1)n1ccc(C(=O)c2cncnc2N[C@@H]2C[C@H](COS(N)(=O)=O)[C@@H](O)[C@@H]2F)c1.COCCn1ccc(C(=O)c2cncnc2N[C@@H]2C[C@H](COS(N)(=O)=O)[C@@H](O)C2)n1.Cn1nc(Cn2ccc(C(=O)c3cncnc3C[C@@H]3C[C@H](COS(N)(=O)=O)[C@@H](O)C3)c2)cc1C(F)(F)F.NS(=O)(=O)OC[C@H]1C[C@@H](Nc2ncncc2C(=O)c2ccn(Cc3cc(Cl)ccc3Cl)n2)[C@@H](F)[C@@H]1O. The smallest absolute Gasteiger partial charge is 0.449 e. The molecule has 11 aromatic rings. The van der Waals surface area contributed by atoms with Gasteiger partial charge in [-0.3, -0.25) is 50.0 Å². The molecular formula is C82H93Cl2F8N23O22S4. The first-order valence-corrected chi connectivity index (χ1v) is 48.9. The Bertz CT molecular complexity index is 6730. The number of halogens is 10. The Kier molecular flexibility index (Phi) is 35.4. The number of nitrogens with one attached hydrogen (secondary N) is 3. The van der Waals surface area contributed by atoms with E-state index in [1.165, 1.54) is 96.9 Å². The van der Waals surface area contributed by atoms with Crippen molar-refractivity contribution in [3.8, 4) is 0 Å². The number of furan rings is 1. The van der Waals surface area contributed by atoms with Crippen molar-refractivity contribution in [3.63, 3.8) is 0 Å². The molecule has 1 unspecified atom stereocenters. The summed E-state index contributed by atoms with van der Waals surface area (Å²) in [6.07, 6.45) is 3.98. The monoisotopic (exact) mass is 2100 g/mol. The first kappa shape index (κ1) is 108. The molecule has 0 spiro atoms. The molecule has 4 saturated carbocycles. The molecule has 0 saturated heterocycles. The van der Waals surface area contributed by atoms with Crippen molar-refractivity contribution in [1.82, 2.24) is 78.3 Å². The standard InChI is InChI=1S/C22H23F4N5O6S.C22H25F3N6O5S.C21H21Cl2FN6O5S.C17H24N6O6S/c1-11(16-2-3-17(37-16)22(24,25)26)31-5-4-12(8-31)19(32)14-7-28-10-29-21(14)30-15-6-13(20(33)18(15)23)9-36-38(27,34)35;1-30-20(22(23,24)25)7-16(29-30)10-31-3-2-14(9-31)21(33)17-8-27-12-28-18(17)5-13-4-15(19(32)6-13)11-36-37(26,34)35;22-13-1-2-15(23)11(5-13)8-30-4-3-16(29-30)20(32)14-7-26-10-27-21(14)28-17-6-12(19(31)18(17)24)9-35-36(25,33)34;1-28-5-4-23-3-2-14(22-23)16(25)13-8-19-10-20-17(13)21-12-6-11(15(24)7-12)9-29-30(18,26)27/h2-5,7-8,10-11,13,15,18,20,33H,6,9H2,1H3,(H2,27,34,35)(H,28,29,30);2-3,7-9,12-13,15,19,32H,4-6,10-11H2,1H3,(H2,26,34,35);1-5,7,10,12,17-19,31H,6,8-9H2,(H2,25,33,34)(H,26,27,28);2-3,8,10-12,15,24H,4-7,9H2,1H3,(H2,18,26,27)(H,19,20,21)/t11?,13-,15-,18-,20-;13-,15+,19-;12-,17-,18-,19-;11-,12-,15+/m1011/s1. The van der Waals surface area contributed by atoms with E-state index < -0.39 is 168 Å². The van der Waals surface area contributed by atoms with Crippen LogP contribution in [0.2, 0.25) is 10.0 Å². The number of hydrogen-bond donors (Lipinski definition) is 11. The van der Waals surface area contributed by atoms with Crippen LogP contribution in [0.3, 0.4) is 0 Å².